The third-order valence-electron chi connectivity index (χ3n) is 10.4. The number of ether oxygens (including phenoxy) is 1. The van der Waals surface area contributed by atoms with Gasteiger partial charge in [0.25, 0.3) is 5.91 Å². The first-order valence-corrected chi connectivity index (χ1v) is 20.6. The van der Waals surface area contributed by atoms with Crippen LogP contribution >= 0.6 is 0 Å². The van der Waals surface area contributed by atoms with Crippen LogP contribution in [0, 0.1) is 23.2 Å². The lowest BCUT2D eigenvalue weighted by Crippen LogP contribution is -2.59. The average Bonchev–Trinajstić information content (AvgIpc) is 3.55. The number of nitrogens with one attached hydrogen (secondary N) is 4. The van der Waals surface area contributed by atoms with Crippen molar-refractivity contribution in [3.63, 3.8) is 0 Å². The normalized spacial score (nSPS) is 18.9. The number of carbonyl (C=O) groups excluding carboxylic acids is 7. The Balaban J connectivity index is 0.00000551. The Labute approximate surface area is 340 Å². The van der Waals surface area contributed by atoms with Crippen molar-refractivity contribution in [3.05, 3.63) is 35.9 Å². The first kappa shape index (κ1) is 48.7. The monoisotopic (exact) mass is 799 g/mol. The highest BCUT2D eigenvalue weighted by Crippen LogP contribution is 2.34. The molecule has 1 saturated carbocycles. The second-order valence-electron chi connectivity index (χ2n) is 17.6. The number of amides is 6. The topological polar surface area (TPSA) is 183 Å². The number of alkyl carbamates (subject to hydrolysis) is 1. The van der Waals surface area contributed by atoms with Crippen molar-refractivity contribution in [1.82, 2.24) is 31.1 Å². The lowest BCUT2D eigenvalue weighted by Gasteiger charge is -2.36. The van der Waals surface area contributed by atoms with Crippen LogP contribution < -0.4 is 21.3 Å². The molecule has 57 heavy (non-hydrogen) atoms. The molecule has 6 atom stereocenters. The zero-order chi connectivity index (χ0) is 43.2. The molecule has 6 amide bonds. The van der Waals surface area contributed by atoms with Crippen molar-refractivity contribution < 1.29 is 38.3 Å². The van der Waals surface area contributed by atoms with Gasteiger partial charge in [0.2, 0.25) is 29.4 Å². The molecule has 1 aromatic carbocycles. The molecule has 320 valence electrons. The number of carbonyl (C=O) groups is 7. The van der Waals surface area contributed by atoms with Crippen LogP contribution in [-0.2, 0) is 33.5 Å². The number of likely N-dealkylation sites (N-methyl/N-ethyl adjacent to an activating group) is 1. The van der Waals surface area contributed by atoms with Crippen molar-refractivity contribution in [2.24, 2.45) is 23.2 Å². The Morgan fingerprint density at radius 1 is 0.877 bits per heavy atom. The van der Waals surface area contributed by atoms with Gasteiger partial charge in [-0.2, -0.15) is 0 Å². The van der Waals surface area contributed by atoms with E-state index in [9.17, 15) is 33.6 Å². The van der Waals surface area contributed by atoms with E-state index in [4.69, 9.17) is 4.74 Å². The molecule has 0 radical (unpaired) electrons. The van der Waals surface area contributed by atoms with E-state index in [2.05, 4.69) is 35.1 Å². The molecule has 1 aliphatic carbocycles. The van der Waals surface area contributed by atoms with E-state index in [1.54, 1.807) is 65.2 Å². The third kappa shape index (κ3) is 15.1. The van der Waals surface area contributed by atoms with Gasteiger partial charge in [-0.1, -0.05) is 104 Å². The van der Waals surface area contributed by atoms with Gasteiger partial charge >= 0.3 is 6.09 Å². The van der Waals surface area contributed by atoms with Crippen molar-refractivity contribution in [2.75, 3.05) is 27.2 Å². The van der Waals surface area contributed by atoms with E-state index in [0.29, 0.717) is 24.4 Å². The molecule has 0 bridgehead atoms. The van der Waals surface area contributed by atoms with Crippen molar-refractivity contribution in [3.8, 4) is 0 Å². The molecule has 2 fully saturated rings. The summed E-state index contributed by atoms with van der Waals surface area (Å²) in [5, 5.41) is 10.6. The number of hydrogen-bond donors (Lipinski definition) is 4. The van der Waals surface area contributed by atoms with Crippen molar-refractivity contribution in [2.45, 2.75) is 144 Å². The molecule has 3 rings (SSSR count). The zero-order valence-corrected chi connectivity index (χ0v) is 36.5. The molecule has 14 heteroatoms. The summed E-state index contributed by atoms with van der Waals surface area (Å²) in [5.74, 6) is -3.51. The van der Waals surface area contributed by atoms with Gasteiger partial charge in [-0.25, -0.2) is 4.79 Å². The summed E-state index contributed by atoms with van der Waals surface area (Å²) in [6.45, 7) is 18.6. The van der Waals surface area contributed by atoms with Crippen molar-refractivity contribution in [1.29, 1.82) is 0 Å². The molecule has 0 aromatic heterocycles. The summed E-state index contributed by atoms with van der Waals surface area (Å²) < 4.78 is 5.47. The van der Waals surface area contributed by atoms with E-state index >= 15 is 0 Å². The lowest BCUT2D eigenvalue weighted by atomic mass is 9.80. The second-order valence-corrected chi connectivity index (χ2v) is 17.6. The summed E-state index contributed by atoms with van der Waals surface area (Å²) >= 11 is 0. The van der Waals surface area contributed by atoms with Crippen LogP contribution in [0.25, 0.3) is 0 Å². The van der Waals surface area contributed by atoms with Gasteiger partial charge in [0, 0.05) is 20.6 Å². The number of likely N-dealkylation sites (tertiary alicyclic amines) is 1. The lowest BCUT2D eigenvalue weighted by molar-refractivity contribution is -0.144. The van der Waals surface area contributed by atoms with Crippen molar-refractivity contribution >= 4 is 41.4 Å². The van der Waals surface area contributed by atoms with Gasteiger partial charge in [0.1, 0.15) is 23.7 Å². The molecule has 4 N–H and O–H groups in total. The Morgan fingerprint density at radius 2 is 1.49 bits per heavy atom. The Bertz CT molecular complexity index is 1530. The van der Waals surface area contributed by atoms with Crippen LogP contribution in [0.5, 0.6) is 0 Å². The average molecular weight is 799 g/mol. The summed E-state index contributed by atoms with van der Waals surface area (Å²) in [4.78, 5) is 97.1. The molecule has 14 nitrogen and oxygen atoms in total. The number of hydrogen-bond acceptors (Lipinski definition) is 8. The quantitative estimate of drug-likeness (QED) is 0.170. The maximum Gasteiger partial charge on any atom is 0.408 e. The summed E-state index contributed by atoms with van der Waals surface area (Å²) in [7, 11) is 3.13. The summed E-state index contributed by atoms with van der Waals surface area (Å²) in [5.41, 5.74) is -0.973. The third-order valence-corrected chi connectivity index (χ3v) is 10.4. The van der Waals surface area contributed by atoms with Gasteiger partial charge < -0.3 is 35.8 Å². The molecule has 5 unspecified atom stereocenters. The first-order chi connectivity index (χ1) is 26.6. The fourth-order valence-corrected chi connectivity index (χ4v) is 6.93. The van der Waals surface area contributed by atoms with Gasteiger partial charge in [-0.3, -0.25) is 28.8 Å². The molecule has 0 spiro atoms. The SMILES string of the molecule is CC.CCC(C)C[C@@H]1CC(C(=O)NC(CC2CCC2)C(=O)C(=O)NCC(=O)NC(C(=O)N(C)C)c2ccccc2)N(C(=O)C(NC(=O)OC(C)(C)C)C(C)(C)C)C1. The van der Waals surface area contributed by atoms with E-state index in [1.807, 2.05) is 34.6 Å². The number of benzene rings is 1. The number of nitrogens with zero attached hydrogens (tertiary/aromatic N) is 2. The largest absolute Gasteiger partial charge is 0.444 e. The molecular weight excluding hydrogens is 729 g/mol. The number of ketones is 1. The van der Waals surface area contributed by atoms with Gasteiger partial charge in [-0.05, 0) is 68.8 Å². The molecule has 2 aliphatic rings. The number of rotatable bonds is 16. The van der Waals surface area contributed by atoms with Crippen LogP contribution in [0.15, 0.2) is 30.3 Å². The molecule has 1 aromatic rings. The standard InChI is InChI=1S/C41H64N6O8.C2H6/c1-11-25(2)20-27-22-30(47(24-27)38(53)34(40(3,4)5)45-39(54)55-41(6,7)8)35(50)43-29(21-26-16-15-17-26)33(49)36(51)42-23-31(48)44-32(37(52)46(9)10)28-18-13-12-14-19-28;1-2/h12-14,18-19,25-27,29-30,32,34H,11,15-17,20-24H2,1-10H3,(H,42,51)(H,43,50)(H,44,48)(H,45,54);1-2H3/t25?,27-,29?,30?,32?,34?;/m1./s1. The smallest absolute Gasteiger partial charge is 0.408 e. The minimum absolute atomic E-state index is 0.00141. The highest BCUT2D eigenvalue weighted by atomic mass is 16.6. The molecular formula is C43H70N6O8. The van der Waals surface area contributed by atoms with E-state index in [0.717, 1.165) is 32.1 Å². The highest BCUT2D eigenvalue weighted by Gasteiger charge is 2.46. The van der Waals surface area contributed by atoms with Crippen LogP contribution in [0.3, 0.4) is 0 Å². The van der Waals surface area contributed by atoms with Crippen LogP contribution in [0.4, 0.5) is 4.79 Å². The minimum atomic E-state index is -1.18. The predicted molar refractivity (Wildman–Crippen MR) is 220 cm³/mol. The first-order valence-electron chi connectivity index (χ1n) is 20.6. The van der Waals surface area contributed by atoms with E-state index in [-0.39, 0.29) is 24.2 Å². The Kier molecular flexibility index (Phi) is 18.7. The molecule has 1 saturated heterocycles. The summed E-state index contributed by atoms with van der Waals surface area (Å²) in [6.07, 6.45) is 4.22. The van der Waals surface area contributed by atoms with Crippen LogP contribution in [0.2, 0.25) is 0 Å². The Morgan fingerprint density at radius 3 is 2.00 bits per heavy atom. The summed E-state index contributed by atoms with van der Waals surface area (Å²) in [6, 6.07) is 4.53. The maximum absolute atomic E-state index is 14.3. The zero-order valence-electron chi connectivity index (χ0n) is 36.5. The number of Topliss-reactive ketones (excluding diaryl/α,β-unsaturated/α-hetero) is 1. The fourth-order valence-electron chi connectivity index (χ4n) is 6.93. The van der Waals surface area contributed by atoms with Gasteiger partial charge in [-0.15, -0.1) is 0 Å². The van der Waals surface area contributed by atoms with Crippen LogP contribution in [0.1, 0.15) is 126 Å². The molecule has 1 aliphatic heterocycles. The highest BCUT2D eigenvalue weighted by molar-refractivity contribution is 6.38. The maximum atomic E-state index is 14.3. The predicted octanol–water partition coefficient (Wildman–Crippen LogP) is 4.91. The fraction of sp³-hybridized carbons (Fsp3) is 0.698. The minimum Gasteiger partial charge on any atom is -0.444 e. The van der Waals surface area contributed by atoms with Crippen LogP contribution in [-0.4, -0.2) is 102 Å². The van der Waals surface area contributed by atoms with Gasteiger partial charge in [0.05, 0.1) is 12.6 Å². The van der Waals surface area contributed by atoms with Gasteiger partial charge in [0.15, 0.2) is 0 Å². The molecule has 1 heterocycles. The Hall–Kier alpha value is -4.49. The second kappa shape index (κ2) is 21.9. The van der Waals surface area contributed by atoms with E-state index in [1.165, 1.54) is 9.80 Å². The van der Waals surface area contributed by atoms with E-state index < -0.39 is 77.2 Å².